The normalized spacial score (nSPS) is 21.9. The highest BCUT2D eigenvalue weighted by molar-refractivity contribution is 5.84. The molecule has 5 heteroatoms. The zero-order valence-corrected chi connectivity index (χ0v) is 12.4. The third kappa shape index (κ3) is 2.77. The molecule has 0 saturated carbocycles. The van der Waals surface area contributed by atoms with Crippen LogP contribution in [0.4, 0.5) is 0 Å². The molecule has 1 aromatic rings. The van der Waals surface area contributed by atoms with Gasteiger partial charge in [0.25, 0.3) is 0 Å². The molecule has 1 aliphatic heterocycles. The summed E-state index contributed by atoms with van der Waals surface area (Å²) in [5.74, 6) is -0.243. The highest BCUT2D eigenvalue weighted by Crippen LogP contribution is 2.37. The summed E-state index contributed by atoms with van der Waals surface area (Å²) in [5.41, 5.74) is -0.538. The van der Waals surface area contributed by atoms with Crippen LogP contribution < -0.4 is 0 Å². The molecule has 2 rings (SSSR count). The second-order valence-electron chi connectivity index (χ2n) is 6.67. The Kier molecular flexibility index (Phi) is 3.50. The quantitative estimate of drug-likeness (QED) is 0.921. The van der Waals surface area contributed by atoms with Crippen LogP contribution in [0.2, 0.25) is 0 Å². The maximum Gasteiger partial charge on any atom is 0.371 e. The molecule has 0 unspecified atom stereocenters. The first-order chi connectivity index (χ1) is 9.12. The molecule has 0 radical (unpaired) electrons. The van der Waals surface area contributed by atoms with E-state index in [1.54, 1.807) is 6.07 Å². The first kappa shape index (κ1) is 14.8. The predicted octanol–water partition coefficient (Wildman–Crippen LogP) is 2.70. The van der Waals surface area contributed by atoms with Crippen molar-refractivity contribution >= 4 is 11.8 Å². The lowest BCUT2D eigenvalue weighted by Gasteiger charge is -2.51. The average molecular weight is 279 g/mol. The number of likely N-dealkylation sites (tertiary alicyclic amines) is 1. The van der Waals surface area contributed by atoms with E-state index in [-0.39, 0.29) is 22.6 Å². The number of carbonyl (C=O) groups is 2. The van der Waals surface area contributed by atoms with E-state index in [2.05, 4.69) is 4.90 Å². The van der Waals surface area contributed by atoms with Gasteiger partial charge < -0.3 is 9.52 Å². The highest BCUT2D eigenvalue weighted by Gasteiger charge is 2.45. The van der Waals surface area contributed by atoms with Gasteiger partial charge in [-0.25, -0.2) is 4.79 Å². The van der Waals surface area contributed by atoms with Crippen LogP contribution >= 0.6 is 0 Å². The third-order valence-electron chi connectivity index (χ3n) is 3.91. The largest absolute Gasteiger partial charge is 0.475 e. The van der Waals surface area contributed by atoms with Crippen LogP contribution in [0.25, 0.3) is 0 Å². The van der Waals surface area contributed by atoms with Crippen molar-refractivity contribution in [2.24, 2.45) is 0 Å². The summed E-state index contributed by atoms with van der Waals surface area (Å²) in [6, 6.07) is 3.15. The van der Waals surface area contributed by atoms with Gasteiger partial charge in [0.15, 0.2) is 0 Å². The highest BCUT2D eigenvalue weighted by atomic mass is 16.4. The number of hydrogen-bond acceptors (Lipinski definition) is 4. The number of furan rings is 1. The van der Waals surface area contributed by atoms with E-state index in [0.29, 0.717) is 25.1 Å². The van der Waals surface area contributed by atoms with Crippen molar-refractivity contribution in [2.75, 3.05) is 0 Å². The molecule has 1 aromatic heterocycles. The van der Waals surface area contributed by atoms with Crippen LogP contribution in [-0.4, -0.2) is 32.8 Å². The van der Waals surface area contributed by atoms with E-state index >= 15 is 0 Å². The summed E-state index contributed by atoms with van der Waals surface area (Å²) in [4.78, 5) is 24.9. The molecule has 1 N–H and O–H groups in total. The lowest BCUT2D eigenvalue weighted by Crippen LogP contribution is -2.60. The van der Waals surface area contributed by atoms with Crippen LogP contribution in [-0.2, 0) is 11.3 Å². The SMILES string of the molecule is CC1(C)CC(=O)CC(C)(C)N1Cc1ccc(C(=O)O)o1. The molecular formula is C15H21NO4. The van der Waals surface area contributed by atoms with Gasteiger partial charge in [0, 0.05) is 23.9 Å². The molecule has 110 valence electrons. The second kappa shape index (κ2) is 4.74. The number of hydrogen-bond donors (Lipinski definition) is 1. The Hall–Kier alpha value is -1.62. The zero-order chi connectivity index (χ0) is 15.1. The number of Topliss-reactive ketones (excluding diaryl/α,β-unsaturated/α-hetero) is 1. The number of rotatable bonds is 3. The molecule has 20 heavy (non-hydrogen) atoms. The summed E-state index contributed by atoms with van der Waals surface area (Å²) in [6.45, 7) is 8.64. The fourth-order valence-electron chi connectivity index (χ4n) is 3.20. The number of piperidine rings is 1. The lowest BCUT2D eigenvalue weighted by molar-refractivity contribution is -0.134. The van der Waals surface area contributed by atoms with Gasteiger partial charge in [-0.15, -0.1) is 0 Å². The van der Waals surface area contributed by atoms with Crippen LogP contribution in [0.1, 0.15) is 56.9 Å². The predicted molar refractivity (Wildman–Crippen MR) is 73.6 cm³/mol. The minimum absolute atomic E-state index is 0.0521. The zero-order valence-electron chi connectivity index (χ0n) is 12.4. The average Bonchev–Trinajstić information content (AvgIpc) is 2.70. The summed E-state index contributed by atoms with van der Waals surface area (Å²) < 4.78 is 5.34. The Balaban J connectivity index is 2.24. The van der Waals surface area contributed by atoms with E-state index in [1.165, 1.54) is 6.07 Å². The third-order valence-corrected chi connectivity index (χ3v) is 3.91. The summed E-state index contributed by atoms with van der Waals surface area (Å²) in [6.07, 6.45) is 1.01. The molecule has 1 fully saturated rings. The number of carboxylic acid groups (broad SMARTS) is 1. The van der Waals surface area contributed by atoms with Gasteiger partial charge >= 0.3 is 5.97 Å². The Morgan fingerprint density at radius 1 is 1.25 bits per heavy atom. The molecule has 0 spiro atoms. The van der Waals surface area contributed by atoms with Crippen molar-refractivity contribution in [1.29, 1.82) is 0 Å². The first-order valence-corrected chi connectivity index (χ1v) is 6.73. The van der Waals surface area contributed by atoms with E-state index in [1.807, 2.05) is 27.7 Å². The van der Waals surface area contributed by atoms with Crippen molar-refractivity contribution in [3.05, 3.63) is 23.7 Å². The Morgan fingerprint density at radius 3 is 2.25 bits per heavy atom. The van der Waals surface area contributed by atoms with Crippen LogP contribution in [0.15, 0.2) is 16.5 Å². The van der Waals surface area contributed by atoms with Crippen molar-refractivity contribution in [3.63, 3.8) is 0 Å². The Bertz CT molecular complexity index is 522. The molecule has 1 saturated heterocycles. The van der Waals surface area contributed by atoms with Crippen molar-refractivity contribution < 1.29 is 19.1 Å². The molecule has 0 atom stereocenters. The molecule has 2 heterocycles. The smallest absolute Gasteiger partial charge is 0.371 e. The fraction of sp³-hybridized carbons (Fsp3) is 0.600. The number of ketones is 1. The van der Waals surface area contributed by atoms with E-state index < -0.39 is 5.97 Å². The summed E-state index contributed by atoms with van der Waals surface area (Å²) >= 11 is 0. The standard InChI is InChI=1S/C15H21NO4/c1-14(2)7-10(17)8-15(3,4)16(14)9-11-5-6-12(20-11)13(18)19/h5-6H,7-9H2,1-4H3,(H,18,19). The molecule has 1 aliphatic rings. The van der Waals surface area contributed by atoms with Gasteiger partial charge in [-0.05, 0) is 39.8 Å². The molecule has 0 bridgehead atoms. The van der Waals surface area contributed by atoms with Gasteiger partial charge in [0.1, 0.15) is 11.5 Å². The monoisotopic (exact) mass is 279 g/mol. The van der Waals surface area contributed by atoms with Crippen molar-refractivity contribution in [3.8, 4) is 0 Å². The number of aromatic carboxylic acids is 1. The van der Waals surface area contributed by atoms with Gasteiger partial charge in [0.05, 0.1) is 6.54 Å². The van der Waals surface area contributed by atoms with E-state index in [4.69, 9.17) is 9.52 Å². The maximum atomic E-state index is 11.9. The van der Waals surface area contributed by atoms with Crippen LogP contribution in [0.5, 0.6) is 0 Å². The number of carbonyl (C=O) groups excluding carboxylic acids is 1. The Labute approximate surface area is 118 Å². The molecule has 0 aliphatic carbocycles. The van der Waals surface area contributed by atoms with Gasteiger partial charge in [-0.1, -0.05) is 0 Å². The molecule has 5 nitrogen and oxygen atoms in total. The van der Waals surface area contributed by atoms with Gasteiger partial charge in [-0.2, -0.15) is 0 Å². The summed E-state index contributed by atoms with van der Waals surface area (Å²) in [7, 11) is 0. The minimum atomic E-state index is -1.07. The number of nitrogens with zero attached hydrogens (tertiary/aromatic N) is 1. The molecular weight excluding hydrogens is 258 g/mol. The molecule has 0 aromatic carbocycles. The Morgan fingerprint density at radius 2 is 1.80 bits per heavy atom. The van der Waals surface area contributed by atoms with Gasteiger partial charge in [-0.3, -0.25) is 9.69 Å². The maximum absolute atomic E-state index is 11.9. The van der Waals surface area contributed by atoms with Crippen molar-refractivity contribution in [2.45, 2.75) is 58.2 Å². The fourth-order valence-corrected chi connectivity index (χ4v) is 3.20. The van der Waals surface area contributed by atoms with Gasteiger partial charge in [0.2, 0.25) is 5.76 Å². The lowest BCUT2D eigenvalue weighted by atomic mass is 9.79. The number of carboxylic acids is 1. The van der Waals surface area contributed by atoms with E-state index in [9.17, 15) is 9.59 Å². The molecule has 0 amide bonds. The van der Waals surface area contributed by atoms with Crippen LogP contribution in [0.3, 0.4) is 0 Å². The second-order valence-corrected chi connectivity index (χ2v) is 6.67. The first-order valence-electron chi connectivity index (χ1n) is 6.73. The van der Waals surface area contributed by atoms with Crippen LogP contribution in [0, 0.1) is 0 Å². The topological polar surface area (TPSA) is 70.8 Å². The van der Waals surface area contributed by atoms with E-state index in [0.717, 1.165) is 0 Å². The van der Waals surface area contributed by atoms with Crippen molar-refractivity contribution in [1.82, 2.24) is 4.90 Å². The minimum Gasteiger partial charge on any atom is -0.475 e. The summed E-state index contributed by atoms with van der Waals surface area (Å²) in [5, 5.41) is 8.89.